The van der Waals surface area contributed by atoms with Crippen molar-refractivity contribution in [2.24, 2.45) is 0 Å². The van der Waals surface area contributed by atoms with Crippen LogP contribution in [0.5, 0.6) is 0 Å². The van der Waals surface area contributed by atoms with Gasteiger partial charge in [0.2, 0.25) is 0 Å². The zero-order valence-corrected chi connectivity index (χ0v) is 8.67. The number of carboxylic acids is 1. The summed E-state index contributed by atoms with van der Waals surface area (Å²) in [4.78, 5) is 14.7. The Labute approximate surface area is 89.4 Å². The highest BCUT2D eigenvalue weighted by molar-refractivity contribution is 7.17. The van der Waals surface area contributed by atoms with Crippen LogP contribution in [-0.4, -0.2) is 16.1 Å². The predicted octanol–water partition coefficient (Wildman–Crippen LogP) is 2.49. The van der Waals surface area contributed by atoms with Gasteiger partial charge in [-0.15, -0.1) is 0 Å². The van der Waals surface area contributed by atoms with Crippen LogP contribution in [0.15, 0.2) is 22.7 Å². The summed E-state index contributed by atoms with van der Waals surface area (Å²) in [5, 5.41) is 12.1. The standard InChI is InChI=1S/C9H8N2O3S/c1-5-2-3-7(14-5)11-9-10-4-6(15-9)8(12)13/h2-4H,1H3,(H,10,11)(H,12,13). The summed E-state index contributed by atoms with van der Waals surface area (Å²) in [6.07, 6.45) is 1.31. The lowest BCUT2D eigenvalue weighted by Gasteiger charge is -1.95. The Morgan fingerprint density at radius 3 is 2.93 bits per heavy atom. The smallest absolute Gasteiger partial charge is 0.347 e. The highest BCUT2D eigenvalue weighted by Gasteiger charge is 2.09. The second-order valence-electron chi connectivity index (χ2n) is 2.87. The van der Waals surface area contributed by atoms with E-state index in [0.717, 1.165) is 17.1 Å². The molecule has 0 aliphatic heterocycles. The number of rotatable bonds is 3. The highest BCUT2D eigenvalue weighted by atomic mass is 32.1. The van der Waals surface area contributed by atoms with Gasteiger partial charge in [0, 0.05) is 6.07 Å². The van der Waals surface area contributed by atoms with Crippen LogP contribution >= 0.6 is 11.3 Å². The third kappa shape index (κ3) is 2.16. The van der Waals surface area contributed by atoms with Gasteiger partial charge in [0.15, 0.2) is 11.0 Å². The van der Waals surface area contributed by atoms with Crippen molar-refractivity contribution in [1.29, 1.82) is 0 Å². The molecule has 0 aromatic carbocycles. The number of hydrogen-bond donors (Lipinski definition) is 2. The molecule has 0 saturated carbocycles. The summed E-state index contributed by atoms with van der Waals surface area (Å²) in [5.41, 5.74) is 0. The maximum absolute atomic E-state index is 10.6. The topological polar surface area (TPSA) is 75.4 Å². The van der Waals surface area contributed by atoms with E-state index < -0.39 is 5.97 Å². The predicted molar refractivity (Wildman–Crippen MR) is 55.8 cm³/mol. The molecule has 0 amide bonds. The molecule has 0 fully saturated rings. The van der Waals surface area contributed by atoms with Gasteiger partial charge in [0.05, 0.1) is 6.20 Å². The molecule has 6 heteroatoms. The molecule has 2 N–H and O–H groups in total. The average Bonchev–Trinajstić information content (AvgIpc) is 2.76. The Balaban J connectivity index is 2.14. The van der Waals surface area contributed by atoms with Crippen molar-refractivity contribution in [3.05, 3.63) is 29.0 Å². The van der Waals surface area contributed by atoms with Crippen molar-refractivity contribution in [1.82, 2.24) is 4.98 Å². The van der Waals surface area contributed by atoms with Gasteiger partial charge in [-0.2, -0.15) is 0 Å². The molecular weight excluding hydrogens is 216 g/mol. The van der Waals surface area contributed by atoms with Crippen LogP contribution < -0.4 is 5.32 Å². The van der Waals surface area contributed by atoms with Crippen LogP contribution in [0.2, 0.25) is 0 Å². The van der Waals surface area contributed by atoms with Crippen molar-refractivity contribution in [3.63, 3.8) is 0 Å². The number of anilines is 2. The number of aromatic nitrogens is 1. The first-order valence-corrected chi connectivity index (χ1v) is 4.99. The van der Waals surface area contributed by atoms with E-state index in [2.05, 4.69) is 10.3 Å². The largest absolute Gasteiger partial charge is 0.477 e. The van der Waals surface area contributed by atoms with E-state index in [1.54, 1.807) is 6.07 Å². The SMILES string of the molecule is Cc1ccc(Nc2ncc(C(=O)O)s2)o1. The minimum Gasteiger partial charge on any atom is -0.477 e. The number of aromatic carboxylic acids is 1. The van der Waals surface area contributed by atoms with E-state index in [-0.39, 0.29) is 4.88 Å². The van der Waals surface area contributed by atoms with Crippen molar-refractivity contribution < 1.29 is 14.3 Å². The second kappa shape index (κ2) is 3.74. The van der Waals surface area contributed by atoms with Crippen LogP contribution in [0.1, 0.15) is 15.4 Å². The molecule has 0 saturated heterocycles. The van der Waals surface area contributed by atoms with Crippen LogP contribution in [-0.2, 0) is 0 Å². The van der Waals surface area contributed by atoms with Crippen molar-refractivity contribution in [2.75, 3.05) is 5.32 Å². The summed E-state index contributed by atoms with van der Waals surface area (Å²) in [7, 11) is 0. The van der Waals surface area contributed by atoms with Gasteiger partial charge in [0.25, 0.3) is 0 Å². The van der Waals surface area contributed by atoms with Crippen LogP contribution in [0.25, 0.3) is 0 Å². The minimum atomic E-state index is -0.976. The number of thiazole rings is 1. The van der Waals surface area contributed by atoms with E-state index in [4.69, 9.17) is 9.52 Å². The number of nitrogens with zero attached hydrogens (tertiary/aromatic N) is 1. The molecule has 0 aliphatic rings. The molecule has 2 rings (SSSR count). The summed E-state index contributed by atoms with van der Waals surface area (Å²) >= 11 is 1.06. The Hall–Kier alpha value is -1.82. The fraction of sp³-hybridized carbons (Fsp3) is 0.111. The Morgan fingerprint density at radius 1 is 1.60 bits per heavy atom. The first kappa shape index (κ1) is 9.72. The first-order valence-electron chi connectivity index (χ1n) is 4.18. The van der Waals surface area contributed by atoms with Crippen molar-refractivity contribution in [3.8, 4) is 0 Å². The monoisotopic (exact) mass is 224 g/mol. The molecule has 15 heavy (non-hydrogen) atoms. The number of carbonyl (C=O) groups is 1. The number of nitrogens with one attached hydrogen (secondary N) is 1. The van der Waals surface area contributed by atoms with Crippen LogP contribution in [0.4, 0.5) is 11.0 Å². The fourth-order valence-corrected chi connectivity index (χ4v) is 1.70. The second-order valence-corrected chi connectivity index (χ2v) is 3.90. The van der Waals surface area contributed by atoms with Gasteiger partial charge in [0.1, 0.15) is 10.6 Å². The van der Waals surface area contributed by atoms with Gasteiger partial charge in [-0.3, -0.25) is 0 Å². The lowest BCUT2D eigenvalue weighted by Crippen LogP contribution is -1.89. The molecule has 0 bridgehead atoms. The summed E-state index contributed by atoms with van der Waals surface area (Å²) in [6, 6.07) is 3.57. The van der Waals surface area contributed by atoms with E-state index in [1.165, 1.54) is 6.20 Å². The molecule has 2 aromatic heterocycles. The summed E-state index contributed by atoms with van der Waals surface area (Å²) in [5.74, 6) is 0.363. The van der Waals surface area contributed by atoms with Crippen molar-refractivity contribution >= 4 is 28.3 Å². The Bertz CT molecular complexity index is 489. The van der Waals surface area contributed by atoms with E-state index in [9.17, 15) is 4.79 Å². The van der Waals surface area contributed by atoms with Gasteiger partial charge >= 0.3 is 5.97 Å². The molecule has 2 aromatic rings. The molecule has 0 unspecified atom stereocenters. The quantitative estimate of drug-likeness (QED) is 0.837. The zero-order valence-electron chi connectivity index (χ0n) is 7.85. The Morgan fingerprint density at radius 2 is 2.40 bits per heavy atom. The van der Waals surface area contributed by atoms with Gasteiger partial charge < -0.3 is 14.8 Å². The highest BCUT2D eigenvalue weighted by Crippen LogP contribution is 2.23. The van der Waals surface area contributed by atoms with E-state index in [1.807, 2.05) is 13.0 Å². The number of furan rings is 1. The average molecular weight is 224 g/mol. The lowest BCUT2D eigenvalue weighted by atomic mass is 10.5. The number of hydrogen-bond acceptors (Lipinski definition) is 5. The molecule has 5 nitrogen and oxygen atoms in total. The lowest BCUT2D eigenvalue weighted by molar-refractivity contribution is 0.0702. The number of carboxylic acid groups (broad SMARTS) is 1. The fourth-order valence-electron chi connectivity index (χ4n) is 1.04. The molecule has 2 heterocycles. The molecule has 0 atom stereocenters. The molecular formula is C9H8N2O3S. The van der Waals surface area contributed by atoms with E-state index in [0.29, 0.717) is 11.0 Å². The minimum absolute atomic E-state index is 0.195. The molecule has 0 spiro atoms. The maximum Gasteiger partial charge on any atom is 0.347 e. The molecule has 0 radical (unpaired) electrons. The summed E-state index contributed by atoms with van der Waals surface area (Å²) in [6.45, 7) is 1.83. The van der Waals surface area contributed by atoms with Crippen molar-refractivity contribution in [2.45, 2.75) is 6.92 Å². The van der Waals surface area contributed by atoms with Gasteiger partial charge in [-0.25, -0.2) is 9.78 Å². The first-order chi connectivity index (χ1) is 7.15. The third-order valence-corrected chi connectivity index (χ3v) is 2.59. The zero-order chi connectivity index (χ0) is 10.8. The normalized spacial score (nSPS) is 10.2. The van der Waals surface area contributed by atoms with Gasteiger partial charge in [-0.05, 0) is 13.0 Å². The maximum atomic E-state index is 10.6. The van der Waals surface area contributed by atoms with E-state index >= 15 is 0 Å². The summed E-state index contributed by atoms with van der Waals surface area (Å²) < 4.78 is 5.27. The number of aryl methyl sites for hydroxylation is 1. The van der Waals surface area contributed by atoms with Crippen LogP contribution in [0, 0.1) is 6.92 Å². The van der Waals surface area contributed by atoms with Crippen LogP contribution in [0.3, 0.4) is 0 Å². The molecule has 0 aliphatic carbocycles. The molecule has 78 valence electrons. The third-order valence-electron chi connectivity index (χ3n) is 1.69. The van der Waals surface area contributed by atoms with Gasteiger partial charge in [-0.1, -0.05) is 11.3 Å². The Kier molecular flexibility index (Phi) is 2.42.